The van der Waals surface area contributed by atoms with Crippen LogP contribution < -0.4 is 21.8 Å². The summed E-state index contributed by atoms with van der Waals surface area (Å²) in [5.41, 5.74) is 2.16. The number of rotatable bonds is 6. The van der Waals surface area contributed by atoms with E-state index < -0.39 is 22.9 Å². The Morgan fingerprint density at radius 2 is 0.875 bits per heavy atom. The molecule has 0 aliphatic carbocycles. The molecule has 0 fully saturated rings. The highest BCUT2D eigenvalue weighted by atomic mass is 16.2. The number of nitrogens with zero attached hydrogens (tertiary/aromatic N) is 4. The van der Waals surface area contributed by atoms with E-state index in [0.29, 0.717) is 11.4 Å². The van der Waals surface area contributed by atoms with Crippen LogP contribution in [0.15, 0.2) is 94.5 Å². The summed E-state index contributed by atoms with van der Waals surface area (Å²) in [5.74, 6) is -1.24. The molecule has 0 aliphatic heterocycles. The summed E-state index contributed by atoms with van der Waals surface area (Å²) in [4.78, 5) is 52.9. The highest BCUT2D eigenvalue weighted by Crippen LogP contribution is 2.20. The number of carbonyl (C=O) groups excluding carboxylic acids is 2. The van der Waals surface area contributed by atoms with Gasteiger partial charge in [-0.1, -0.05) is 48.5 Å². The van der Waals surface area contributed by atoms with E-state index in [2.05, 4.69) is 10.6 Å². The summed E-state index contributed by atoms with van der Waals surface area (Å²) in [6.45, 7) is 3.47. The van der Waals surface area contributed by atoms with Gasteiger partial charge in [-0.15, -0.1) is 0 Å². The van der Waals surface area contributed by atoms with Gasteiger partial charge in [0.25, 0.3) is 22.9 Å². The lowest BCUT2D eigenvalue weighted by atomic mass is 10.1. The zero-order valence-electron chi connectivity index (χ0n) is 22.5. The van der Waals surface area contributed by atoms with E-state index in [9.17, 15) is 19.2 Å². The lowest BCUT2D eigenvalue weighted by Crippen LogP contribution is -2.25. The van der Waals surface area contributed by atoms with E-state index in [-0.39, 0.29) is 22.5 Å². The molecule has 0 saturated carbocycles. The summed E-state index contributed by atoms with van der Waals surface area (Å²) in [6.07, 6.45) is 0. The second-order valence-corrected chi connectivity index (χ2v) is 9.33. The van der Waals surface area contributed by atoms with Gasteiger partial charge in [-0.3, -0.25) is 28.5 Å². The largest absolute Gasteiger partial charge is 0.316 e. The van der Waals surface area contributed by atoms with Crippen molar-refractivity contribution < 1.29 is 9.59 Å². The monoisotopic (exact) mass is 536 g/mol. The van der Waals surface area contributed by atoms with Gasteiger partial charge in [0, 0.05) is 14.1 Å². The number of anilines is 2. The molecule has 2 amide bonds. The molecule has 0 radical (unpaired) electrons. The number of para-hydroxylation sites is 2. The Morgan fingerprint density at radius 1 is 0.550 bits per heavy atom. The van der Waals surface area contributed by atoms with Gasteiger partial charge < -0.3 is 10.6 Å². The molecule has 0 atom stereocenters. The molecule has 202 valence electrons. The molecule has 5 aromatic rings. The van der Waals surface area contributed by atoms with Gasteiger partial charge in [0.2, 0.25) is 0 Å². The van der Waals surface area contributed by atoms with Gasteiger partial charge in [-0.05, 0) is 50.2 Å². The third-order valence-corrected chi connectivity index (χ3v) is 6.87. The van der Waals surface area contributed by atoms with Gasteiger partial charge in [0.1, 0.15) is 11.4 Å². The minimum Gasteiger partial charge on any atom is -0.316 e. The molecule has 10 nitrogen and oxygen atoms in total. The van der Waals surface area contributed by atoms with Gasteiger partial charge in [0.05, 0.1) is 33.9 Å². The highest BCUT2D eigenvalue weighted by molar-refractivity contribution is 6.15. The van der Waals surface area contributed by atoms with Crippen molar-refractivity contribution in [2.45, 2.75) is 13.8 Å². The minimum atomic E-state index is -0.622. The van der Waals surface area contributed by atoms with Crippen LogP contribution >= 0.6 is 0 Å². The maximum Gasteiger partial charge on any atom is 0.290 e. The zero-order chi connectivity index (χ0) is 28.6. The van der Waals surface area contributed by atoms with Crippen molar-refractivity contribution in [3.63, 3.8) is 0 Å². The predicted octanol–water partition coefficient (Wildman–Crippen LogP) is 3.79. The van der Waals surface area contributed by atoms with Crippen molar-refractivity contribution in [3.05, 3.63) is 128 Å². The number of carbonyl (C=O) groups is 2. The molecule has 3 aromatic carbocycles. The quantitative estimate of drug-likeness (QED) is 0.344. The highest BCUT2D eigenvalue weighted by Gasteiger charge is 2.24. The van der Waals surface area contributed by atoms with E-state index in [1.165, 1.54) is 21.5 Å². The summed E-state index contributed by atoms with van der Waals surface area (Å²) >= 11 is 0. The van der Waals surface area contributed by atoms with Crippen LogP contribution in [0.5, 0.6) is 0 Å². The first-order valence-corrected chi connectivity index (χ1v) is 12.6. The van der Waals surface area contributed by atoms with Crippen LogP contribution in [0, 0.1) is 13.8 Å². The average Bonchev–Trinajstić information content (AvgIpc) is 3.31. The Kier molecular flexibility index (Phi) is 6.83. The fraction of sp³-hybridized carbons (Fsp3) is 0.133. The number of hydrogen-bond donors (Lipinski definition) is 2. The second kappa shape index (κ2) is 10.4. The Hall–Kier alpha value is -5.38. The van der Waals surface area contributed by atoms with E-state index in [1.807, 2.05) is 60.7 Å². The van der Waals surface area contributed by atoms with Crippen LogP contribution in [0.1, 0.15) is 32.1 Å². The maximum absolute atomic E-state index is 13.4. The van der Waals surface area contributed by atoms with Crippen LogP contribution in [0.4, 0.5) is 11.4 Å². The fourth-order valence-electron chi connectivity index (χ4n) is 4.88. The molecule has 0 bridgehead atoms. The fourth-order valence-corrected chi connectivity index (χ4v) is 4.88. The summed E-state index contributed by atoms with van der Waals surface area (Å²) in [7, 11) is 3.23. The molecule has 10 heteroatoms. The van der Waals surface area contributed by atoms with Gasteiger partial charge >= 0.3 is 0 Å². The molecule has 2 N–H and O–H groups in total. The Bertz CT molecular complexity index is 1720. The van der Waals surface area contributed by atoms with E-state index in [0.717, 1.165) is 11.4 Å². The Balaban J connectivity index is 1.46. The molecular weight excluding hydrogens is 508 g/mol. The van der Waals surface area contributed by atoms with Crippen LogP contribution in [0.25, 0.3) is 11.4 Å². The molecule has 0 aliphatic rings. The average molecular weight is 537 g/mol. The molecule has 2 heterocycles. The topological polar surface area (TPSA) is 112 Å². The maximum atomic E-state index is 13.4. The Morgan fingerprint density at radius 3 is 1.23 bits per heavy atom. The normalized spacial score (nSPS) is 10.9. The second-order valence-electron chi connectivity index (χ2n) is 9.33. The van der Waals surface area contributed by atoms with Crippen molar-refractivity contribution in [2.24, 2.45) is 14.1 Å². The summed E-state index contributed by atoms with van der Waals surface area (Å²) in [5, 5.41) is 5.40. The van der Waals surface area contributed by atoms with Crippen LogP contribution in [-0.2, 0) is 14.1 Å². The zero-order valence-corrected chi connectivity index (χ0v) is 22.5. The SMILES string of the molecule is Cc1c(NC(=O)c2ccccc2C(=O)Nc2c(C)n(-c3ccccc3)n(C)c2=O)c(=O)n(C)n1-c1ccccc1. The lowest BCUT2D eigenvalue weighted by molar-refractivity contribution is 0.0990. The van der Waals surface area contributed by atoms with Crippen LogP contribution in [0.2, 0.25) is 0 Å². The summed E-state index contributed by atoms with van der Waals surface area (Å²) in [6, 6.07) is 24.8. The standard InChI is InChI=1S/C30H28N6O4/c1-19-25(29(39)33(3)35(19)21-13-7-5-8-14-21)31-27(37)23-17-11-12-18-24(23)28(38)32-26-20(2)36(34(4)30(26)40)22-15-9-6-10-16-22/h5-18H,1-4H3,(H,31,37)(H,32,38). The van der Waals surface area contributed by atoms with E-state index in [4.69, 9.17) is 0 Å². The van der Waals surface area contributed by atoms with Crippen molar-refractivity contribution in [3.8, 4) is 11.4 Å². The van der Waals surface area contributed by atoms with Gasteiger partial charge in [-0.2, -0.15) is 0 Å². The smallest absolute Gasteiger partial charge is 0.290 e. The first-order chi connectivity index (χ1) is 19.2. The van der Waals surface area contributed by atoms with Crippen molar-refractivity contribution in [2.75, 3.05) is 10.6 Å². The molecular formula is C30H28N6O4. The van der Waals surface area contributed by atoms with Crippen LogP contribution in [-0.4, -0.2) is 30.5 Å². The molecule has 0 spiro atoms. The van der Waals surface area contributed by atoms with Gasteiger partial charge in [-0.25, -0.2) is 9.36 Å². The van der Waals surface area contributed by atoms with Crippen LogP contribution in [0.3, 0.4) is 0 Å². The number of hydrogen-bond acceptors (Lipinski definition) is 4. The van der Waals surface area contributed by atoms with Crippen molar-refractivity contribution in [1.82, 2.24) is 18.7 Å². The lowest BCUT2D eigenvalue weighted by Gasteiger charge is -2.11. The predicted molar refractivity (Wildman–Crippen MR) is 154 cm³/mol. The number of aromatic nitrogens is 4. The number of amides is 2. The Labute approximate surface area is 229 Å². The number of nitrogens with one attached hydrogen (secondary N) is 2. The van der Waals surface area contributed by atoms with E-state index in [1.54, 1.807) is 49.4 Å². The third kappa shape index (κ3) is 4.45. The third-order valence-electron chi connectivity index (χ3n) is 6.87. The molecule has 0 unspecified atom stereocenters. The molecule has 0 saturated heterocycles. The molecule has 5 rings (SSSR count). The number of benzene rings is 3. The van der Waals surface area contributed by atoms with Crippen molar-refractivity contribution in [1.29, 1.82) is 0 Å². The van der Waals surface area contributed by atoms with E-state index >= 15 is 0 Å². The first-order valence-electron chi connectivity index (χ1n) is 12.6. The first kappa shape index (κ1) is 26.2. The van der Waals surface area contributed by atoms with Gasteiger partial charge in [0.15, 0.2) is 0 Å². The summed E-state index contributed by atoms with van der Waals surface area (Å²) < 4.78 is 6.22. The molecule has 40 heavy (non-hydrogen) atoms. The minimum absolute atomic E-state index is 0.0610. The van der Waals surface area contributed by atoms with Crippen molar-refractivity contribution >= 4 is 23.2 Å². The molecule has 2 aromatic heterocycles.